The summed E-state index contributed by atoms with van der Waals surface area (Å²) in [6, 6.07) is 4.39. The molecule has 0 fully saturated rings. The van der Waals surface area contributed by atoms with Gasteiger partial charge >= 0.3 is 11.1 Å². The molecule has 2 heterocycles. The van der Waals surface area contributed by atoms with Crippen LogP contribution < -0.4 is 15.2 Å². The largest absolute Gasteiger partial charge is 0.359 e. The average molecular weight is 211 g/mol. The van der Waals surface area contributed by atoms with Crippen LogP contribution in [0, 0.1) is 13.8 Å². The van der Waals surface area contributed by atoms with E-state index < -0.39 is 0 Å². The number of hydrogen-bond donors (Lipinski definition) is 1. The van der Waals surface area contributed by atoms with Crippen LogP contribution in [-0.4, -0.2) is 10.7 Å². The van der Waals surface area contributed by atoms with Crippen molar-refractivity contribution in [1.29, 1.82) is 0 Å². The zero-order chi connectivity index (χ0) is 11.4. The van der Waals surface area contributed by atoms with Gasteiger partial charge in [-0.25, -0.2) is 0 Å². The quantitative estimate of drug-likeness (QED) is 0.633. The van der Waals surface area contributed by atoms with E-state index in [9.17, 15) is 0 Å². The minimum atomic E-state index is 1.11. The molecule has 0 spiro atoms. The van der Waals surface area contributed by atoms with Crippen molar-refractivity contribution in [3.05, 3.63) is 34.0 Å². The van der Waals surface area contributed by atoms with Gasteiger partial charge in [0.25, 0.3) is 0 Å². The highest BCUT2D eigenvalue weighted by atomic mass is 14.7. The molecule has 1 aromatic carbocycles. The van der Waals surface area contributed by atoms with Crippen LogP contribution >= 0.6 is 0 Å². The number of aromatic amines is 1. The van der Waals surface area contributed by atoms with Gasteiger partial charge in [0.15, 0.2) is 0 Å². The van der Waals surface area contributed by atoms with Gasteiger partial charge in [0.2, 0.25) is 0 Å². The molecule has 0 bridgehead atoms. The van der Waals surface area contributed by atoms with Gasteiger partial charge < -0.3 is 4.98 Å². The van der Waals surface area contributed by atoms with E-state index in [0.29, 0.717) is 0 Å². The molecule has 1 aliphatic rings. The molecule has 80 valence electrons. The highest BCUT2D eigenvalue weighted by Crippen LogP contribution is 2.17. The van der Waals surface area contributed by atoms with Crippen molar-refractivity contribution in [2.24, 2.45) is 0 Å². The Morgan fingerprint density at radius 1 is 1.06 bits per heavy atom. The molecule has 0 radical (unpaired) electrons. The van der Waals surface area contributed by atoms with Crippen LogP contribution in [0.2, 0.25) is 0 Å². The molecule has 0 saturated heterocycles. The van der Waals surface area contributed by atoms with Crippen LogP contribution in [0.15, 0.2) is 12.1 Å². The summed E-state index contributed by atoms with van der Waals surface area (Å²) >= 11 is 0. The van der Waals surface area contributed by atoms with Crippen LogP contribution in [0.1, 0.15) is 25.1 Å². The molecule has 2 heteroatoms. The van der Waals surface area contributed by atoms with E-state index in [1.807, 2.05) is 0 Å². The fourth-order valence-corrected chi connectivity index (χ4v) is 2.38. The maximum absolute atomic E-state index is 4.66. The summed E-state index contributed by atoms with van der Waals surface area (Å²) in [7, 11) is 0. The van der Waals surface area contributed by atoms with E-state index in [1.54, 1.807) is 0 Å². The van der Waals surface area contributed by atoms with Crippen molar-refractivity contribution < 1.29 is 0 Å². The number of hydrogen-bond acceptors (Lipinski definition) is 0. The molecule has 1 N–H and O–H groups in total. The van der Waals surface area contributed by atoms with Crippen molar-refractivity contribution in [3.8, 4) is 0 Å². The van der Waals surface area contributed by atoms with E-state index >= 15 is 0 Å². The first-order valence-corrected chi connectivity index (χ1v) is 5.61. The summed E-state index contributed by atoms with van der Waals surface area (Å²) in [5.74, 6) is 0. The first-order valence-electron chi connectivity index (χ1n) is 5.61. The van der Waals surface area contributed by atoms with E-state index in [2.05, 4.69) is 49.5 Å². The Labute approximate surface area is 94.1 Å². The molecule has 0 aliphatic carbocycles. The number of rotatable bonds is 0. The topological polar surface area (TPSA) is 29.9 Å². The number of fused-ring (bicyclic) bond motifs is 3. The second kappa shape index (κ2) is 2.87. The molecular formula is C14H15N2+. The maximum Gasteiger partial charge on any atom is 0.359 e. The van der Waals surface area contributed by atoms with Crippen molar-refractivity contribution in [2.45, 2.75) is 27.7 Å². The van der Waals surface area contributed by atoms with Gasteiger partial charge in [-0.15, -0.1) is 0 Å². The Balaban J connectivity index is 2.68. The zero-order valence-corrected chi connectivity index (χ0v) is 10.1. The number of nitrogens with zero attached hydrogens (tertiary/aromatic N) is 1. The monoisotopic (exact) mass is 211 g/mol. The molecule has 0 atom stereocenters. The van der Waals surface area contributed by atoms with Gasteiger partial charge in [0.1, 0.15) is 5.52 Å². The van der Waals surface area contributed by atoms with Gasteiger partial charge in [-0.2, -0.15) is 0 Å². The number of benzene rings is 1. The summed E-state index contributed by atoms with van der Waals surface area (Å²) < 4.78 is 4.66. The minimum absolute atomic E-state index is 1.11. The second-order valence-electron chi connectivity index (χ2n) is 4.58. The smallest absolute Gasteiger partial charge is 0.352 e. The average Bonchev–Trinajstić information content (AvgIpc) is 2.70. The van der Waals surface area contributed by atoms with Crippen LogP contribution in [0.4, 0.5) is 0 Å². The van der Waals surface area contributed by atoms with Crippen molar-refractivity contribution in [1.82, 2.24) is 9.65 Å². The number of aryl methyl sites for hydroxylation is 2. The summed E-state index contributed by atoms with van der Waals surface area (Å²) in [5, 5.41) is 3.68. The lowest BCUT2D eigenvalue weighted by Crippen LogP contribution is -2.26. The van der Waals surface area contributed by atoms with Crippen LogP contribution in [0.3, 0.4) is 0 Å². The van der Waals surface area contributed by atoms with E-state index in [4.69, 9.17) is 0 Å². The normalized spacial score (nSPS) is 14.0. The Hall–Kier alpha value is -1.79. The Morgan fingerprint density at radius 3 is 2.56 bits per heavy atom. The Morgan fingerprint density at radius 2 is 1.81 bits per heavy atom. The third kappa shape index (κ3) is 0.998. The molecular weight excluding hydrogens is 196 g/mol. The van der Waals surface area contributed by atoms with Gasteiger partial charge in [-0.05, 0) is 32.4 Å². The summed E-state index contributed by atoms with van der Waals surface area (Å²) in [6.07, 6.45) is 0. The summed E-state index contributed by atoms with van der Waals surface area (Å²) in [4.78, 5) is 3.45. The zero-order valence-electron chi connectivity index (χ0n) is 10.1. The lowest BCUT2D eigenvalue weighted by molar-refractivity contribution is 1.24. The molecule has 2 aromatic rings. The molecule has 1 aliphatic heterocycles. The molecule has 16 heavy (non-hydrogen) atoms. The molecule has 0 saturated carbocycles. The van der Waals surface area contributed by atoms with E-state index in [0.717, 1.165) is 11.1 Å². The van der Waals surface area contributed by atoms with E-state index in [1.165, 1.54) is 33.0 Å². The first-order chi connectivity index (χ1) is 7.59. The van der Waals surface area contributed by atoms with Gasteiger partial charge in [0, 0.05) is 23.6 Å². The highest BCUT2D eigenvalue weighted by Gasteiger charge is 2.20. The Kier molecular flexibility index (Phi) is 1.69. The predicted octanol–water partition coefficient (Wildman–Crippen LogP) is 1.12. The molecule has 1 aromatic heterocycles. The lowest BCUT2D eigenvalue weighted by atomic mass is 10.1. The molecule has 2 nitrogen and oxygen atoms in total. The summed E-state index contributed by atoms with van der Waals surface area (Å²) in [6.45, 7) is 8.48. The lowest BCUT2D eigenvalue weighted by Gasteiger charge is -1.88. The van der Waals surface area contributed by atoms with Gasteiger partial charge in [0.05, 0.1) is 5.22 Å². The van der Waals surface area contributed by atoms with Gasteiger partial charge in [-0.1, -0.05) is 10.7 Å². The van der Waals surface area contributed by atoms with Crippen LogP contribution in [0.5, 0.6) is 0 Å². The molecule has 0 amide bonds. The Bertz CT molecular complexity index is 769. The predicted molar refractivity (Wildman–Crippen MR) is 68.0 cm³/mol. The third-order valence-corrected chi connectivity index (χ3v) is 3.68. The van der Waals surface area contributed by atoms with E-state index in [-0.39, 0.29) is 0 Å². The number of H-pyrrole nitrogens is 1. The third-order valence-electron chi connectivity index (χ3n) is 3.68. The fraction of sp³-hybridized carbons (Fsp3) is 0.286. The van der Waals surface area contributed by atoms with Gasteiger partial charge in [-0.3, -0.25) is 0 Å². The highest BCUT2D eigenvalue weighted by molar-refractivity contribution is 6.16. The van der Waals surface area contributed by atoms with Crippen molar-refractivity contribution in [2.75, 3.05) is 0 Å². The minimum Gasteiger partial charge on any atom is -0.352 e. The SMILES string of the molecule is CC1=[N+]=c2c(ccc3c(C)c(C)[nH]c23)=C1C. The maximum atomic E-state index is 4.66. The number of aromatic nitrogens is 1. The number of nitrogens with one attached hydrogen (secondary N) is 1. The molecule has 3 rings (SSSR count). The molecule has 0 unspecified atom stereocenters. The standard InChI is InChI=1S/C14H14N2/c1-7-9(3)15-13-11(7)5-6-12-8(2)10(4)16-14(12)13/h5-6H,1-4H3/p+1. The summed E-state index contributed by atoms with van der Waals surface area (Å²) in [5.41, 5.74) is 6.17. The van der Waals surface area contributed by atoms with Crippen molar-refractivity contribution in [3.63, 3.8) is 0 Å². The van der Waals surface area contributed by atoms with Crippen LogP contribution in [0.25, 0.3) is 16.5 Å². The van der Waals surface area contributed by atoms with Crippen molar-refractivity contribution >= 4 is 22.2 Å². The van der Waals surface area contributed by atoms with Crippen LogP contribution in [-0.2, 0) is 0 Å². The fourth-order valence-electron chi connectivity index (χ4n) is 2.38. The second-order valence-corrected chi connectivity index (χ2v) is 4.58. The first kappa shape index (κ1) is 9.44.